The second kappa shape index (κ2) is 4.47. The highest BCUT2D eigenvalue weighted by Gasteiger charge is 2.28. The number of nitrogens with zero attached hydrogens (tertiary/aromatic N) is 4. The van der Waals surface area contributed by atoms with Gasteiger partial charge in [0, 0.05) is 25.4 Å². The molecule has 0 spiro atoms. The maximum Gasteiger partial charge on any atom is 0.410 e. The summed E-state index contributed by atoms with van der Waals surface area (Å²) in [6, 6.07) is 0. The van der Waals surface area contributed by atoms with E-state index in [1.54, 1.807) is 17.3 Å². The summed E-state index contributed by atoms with van der Waals surface area (Å²) >= 11 is 0. The van der Waals surface area contributed by atoms with E-state index in [0.717, 1.165) is 23.5 Å². The monoisotopic (exact) mass is 274 g/mol. The molecular weight excluding hydrogens is 256 g/mol. The van der Waals surface area contributed by atoms with Crippen molar-refractivity contribution in [2.75, 3.05) is 6.54 Å². The van der Waals surface area contributed by atoms with Crippen LogP contribution in [0.3, 0.4) is 0 Å². The Balaban J connectivity index is 1.86. The molecule has 0 saturated carbocycles. The molecule has 0 bridgehead atoms. The Hall–Kier alpha value is -2.11. The van der Waals surface area contributed by atoms with Crippen molar-refractivity contribution < 1.29 is 9.53 Å². The molecule has 0 aromatic carbocycles. The van der Waals surface area contributed by atoms with Crippen molar-refractivity contribution in [3.05, 3.63) is 30.0 Å². The summed E-state index contributed by atoms with van der Waals surface area (Å²) in [6.45, 7) is 6.79. The Morgan fingerprint density at radius 1 is 1.40 bits per heavy atom. The van der Waals surface area contributed by atoms with Crippen molar-refractivity contribution in [1.82, 2.24) is 19.3 Å². The van der Waals surface area contributed by atoms with Gasteiger partial charge in [-0.3, -0.25) is 9.38 Å². The van der Waals surface area contributed by atoms with E-state index in [1.165, 1.54) is 0 Å². The molecule has 0 radical (unpaired) electrons. The van der Waals surface area contributed by atoms with Crippen molar-refractivity contribution >= 4 is 11.7 Å². The van der Waals surface area contributed by atoms with Crippen LogP contribution in [0.1, 0.15) is 32.2 Å². The van der Waals surface area contributed by atoms with Crippen LogP contribution in [0.25, 0.3) is 5.65 Å². The van der Waals surface area contributed by atoms with E-state index in [2.05, 4.69) is 9.97 Å². The maximum absolute atomic E-state index is 12.1. The van der Waals surface area contributed by atoms with E-state index in [-0.39, 0.29) is 6.09 Å². The first-order valence-corrected chi connectivity index (χ1v) is 6.72. The number of hydrogen-bond donors (Lipinski definition) is 0. The van der Waals surface area contributed by atoms with Gasteiger partial charge in [-0.15, -0.1) is 0 Å². The number of amides is 1. The van der Waals surface area contributed by atoms with Gasteiger partial charge in [0.25, 0.3) is 0 Å². The minimum absolute atomic E-state index is 0.271. The average molecular weight is 274 g/mol. The van der Waals surface area contributed by atoms with Gasteiger partial charge >= 0.3 is 6.09 Å². The molecule has 6 heteroatoms. The summed E-state index contributed by atoms with van der Waals surface area (Å²) in [5, 5.41) is 0. The van der Waals surface area contributed by atoms with Crippen molar-refractivity contribution in [3.8, 4) is 0 Å². The minimum atomic E-state index is -0.471. The van der Waals surface area contributed by atoms with Gasteiger partial charge in [0.05, 0.1) is 24.1 Å². The summed E-state index contributed by atoms with van der Waals surface area (Å²) in [6.07, 6.45) is 5.81. The number of carbonyl (C=O) groups excluding carboxylic acids is 1. The smallest absolute Gasteiger partial charge is 0.410 e. The van der Waals surface area contributed by atoms with E-state index in [0.29, 0.717) is 13.1 Å². The molecule has 1 aliphatic heterocycles. The third-order valence-corrected chi connectivity index (χ3v) is 3.22. The molecule has 0 fully saturated rings. The zero-order chi connectivity index (χ0) is 14.3. The molecule has 0 N–H and O–H groups in total. The molecule has 1 amide bonds. The number of aromatic nitrogens is 3. The maximum atomic E-state index is 12.1. The van der Waals surface area contributed by atoms with E-state index >= 15 is 0 Å². The molecule has 0 saturated heterocycles. The normalized spacial score (nSPS) is 15.2. The molecule has 3 heterocycles. The van der Waals surface area contributed by atoms with Crippen molar-refractivity contribution in [3.63, 3.8) is 0 Å². The summed E-state index contributed by atoms with van der Waals surface area (Å²) < 4.78 is 7.41. The van der Waals surface area contributed by atoms with Crippen LogP contribution in [0.5, 0.6) is 0 Å². The highest BCUT2D eigenvalue weighted by Crippen LogP contribution is 2.21. The van der Waals surface area contributed by atoms with Gasteiger partial charge in [-0.1, -0.05) is 0 Å². The standard InChI is InChI=1S/C14H18N4O2/c1-14(2,3)20-13(19)17-6-4-10-11(9-17)18-7-5-15-8-12(18)16-10/h5,7-8H,4,6,9H2,1-3H3. The lowest BCUT2D eigenvalue weighted by molar-refractivity contribution is 0.0220. The van der Waals surface area contributed by atoms with Crippen LogP contribution in [0, 0.1) is 0 Å². The zero-order valence-electron chi connectivity index (χ0n) is 12.0. The van der Waals surface area contributed by atoms with Gasteiger partial charge in [0.1, 0.15) is 5.60 Å². The van der Waals surface area contributed by atoms with Gasteiger partial charge in [0.2, 0.25) is 0 Å². The first kappa shape index (κ1) is 12.9. The Bertz CT molecular complexity index is 657. The summed E-state index contributed by atoms with van der Waals surface area (Å²) in [7, 11) is 0. The lowest BCUT2D eigenvalue weighted by Gasteiger charge is -2.29. The number of imidazole rings is 1. The van der Waals surface area contributed by atoms with Crippen LogP contribution in [-0.2, 0) is 17.7 Å². The Labute approximate surface area is 117 Å². The minimum Gasteiger partial charge on any atom is -0.444 e. The second-order valence-corrected chi connectivity index (χ2v) is 5.96. The number of ether oxygens (including phenoxy) is 1. The van der Waals surface area contributed by atoms with Crippen LogP contribution in [0.15, 0.2) is 18.6 Å². The lowest BCUT2D eigenvalue weighted by atomic mass is 10.1. The third-order valence-electron chi connectivity index (χ3n) is 3.22. The fourth-order valence-electron chi connectivity index (χ4n) is 2.36. The highest BCUT2D eigenvalue weighted by atomic mass is 16.6. The van der Waals surface area contributed by atoms with Gasteiger partial charge in [0.15, 0.2) is 5.65 Å². The molecule has 0 unspecified atom stereocenters. The Morgan fingerprint density at radius 2 is 2.20 bits per heavy atom. The third kappa shape index (κ3) is 2.33. The SMILES string of the molecule is CC(C)(C)OC(=O)N1CCc2nc3cnccn3c2C1. The topological polar surface area (TPSA) is 59.7 Å². The number of fused-ring (bicyclic) bond motifs is 3. The Kier molecular flexibility index (Phi) is 2.88. The van der Waals surface area contributed by atoms with Gasteiger partial charge in [-0.05, 0) is 20.8 Å². The van der Waals surface area contributed by atoms with Crippen molar-refractivity contribution in [2.45, 2.75) is 39.3 Å². The predicted octanol–water partition coefficient (Wildman–Crippen LogP) is 2.02. The quantitative estimate of drug-likeness (QED) is 0.737. The molecule has 0 aliphatic carbocycles. The summed E-state index contributed by atoms with van der Waals surface area (Å²) in [5.41, 5.74) is 2.43. The first-order valence-electron chi connectivity index (χ1n) is 6.72. The van der Waals surface area contributed by atoms with E-state index < -0.39 is 5.60 Å². The zero-order valence-corrected chi connectivity index (χ0v) is 12.0. The highest BCUT2D eigenvalue weighted by molar-refractivity contribution is 5.68. The van der Waals surface area contributed by atoms with Gasteiger partial charge in [-0.2, -0.15) is 0 Å². The van der Waals surface area contributed by atoms with E-state index in [4.69, 9.17) is 4.74 Å². The molecule has 20 heavy (non-hydrogen) atoms. The number of carbonyl (C=O) groups is 1. The van der Waals surface area contributed by atoms with E-state index in [1.807, 2.05) is 31.4 Å². The summed E-state index contributed by atoms with van der Waals surface area (Å²) in [4.78, 5) is 22.5. The molecule has 2 aromatic heterocycles. The van der Waals surface area contributed by atoms with Crippen molar-refractivity contribution in [1.29, 1.82) is 0 Å². The Morgan fingerprint density at radius 3 is 2.95 bits per heavy atom. The van der Waals surface area contributed by atoms with Crippen LogP contribution in [0.4, 0.5) is 4.79 Å². The second-order valence-electron chi connectivity index (χ2n) is 5.96. The molecule has 106 valence electrons. The average Bonchev–Trinajstić information content (AvgIpc) is 2.74. The van der Waals surface area contributed by atoms with Gasteiger partial charge in [-0.25, -0.2) is 9.78 Å². The fraction of sp³-hybridized carbons (Fsp3) is 0.500. The molecule has 1 aliphatic rings. The van der Waals surface area contributed by atoms with Crippen molar-refractivity contribution in [2.24, 2.45) is 0 Å². The van der Waals surface area contributed by atoms with Gasteiger partial charge < -0.3 is 9.64 Å². The first-order chi connectivity index (χ1) is 9.44. The van der Waals surface area contributed by atoms with E-state index in [9.17, 15) is 4.79 Å². The number of hydrogen-bond acceptors (Lipinski definition) is 4. The van der Waals surface area contributed by atoms with Crippen LogP contribution >= 0.6 is 0 Å². The fourth-order valence-corrected chi connectivity index (χ4v) is 2.36. The molecule has 6 nitrogen and oxygen atoms in total. The number of rotatable bonds is 0. The molecule has 3 rings (SSSR count). The summed E-state index contributed by atoms with van der Waals surface area (Å²) in [5.74, 6) is 0. The largest absolute Gasteiger partial charge is 0.444 e. The molecule has 0 atom stereocenters. The predicted molar refractivity (Wildman–Crippen MR) is 73.3 cm³/mol. The molecule has 2 aromatic rings. The van der Waals surface area contributed by atoms with Crippen LogP contribution in [0.2, 0.25) is 0 Å². The van der Waals surface area contributed by atoms with Crippen LogP contribution in [-0.4, -0.2) is 37.5 Å². The lowest BCUT2D eigenvalue weighted by Crippen LogP contribution is -2.40. The van der Waals surface area contributed by atoms with Crippen LogP contribution < -0.4 is 0 Å². The molecular formula is C14H18N4O2.